The molecule has 0 radical (unpaired) electrons. The molecule has 1 fully saturated rings. The first-order valence-corrected chi connectivity index (χ1v) is 5.30. The van der Waals surface area contributed by atoms with Crippen molar-refractivity contribution in [1.82, 2.24) is 0 Å². The van der Waals surface area contributed by atoms with Gasteiger partial charge in [-0.15, -0.1) is 0 Å². The van der Waals surface area contributed by atoms with Crippen molar-refractivity contribution in [1.29, 1.82) is 0 Å². The van der Waals surface area contributed by atoms with E-state index >= 15 is 0 Å². The van der Waals surface area contributed by atoms with Gasteiger partial charge in [0.15, 0.2) is 0 Å². The van der Waals surface area contributed by atoms with Crippen LogP contribution in [0, 0.1) is 5.92 Å². The molecule has 0 spiro atoms. The summed E-state index contributed by atoms with van der Waals surface area (Å²) in [6, 6.07) is 0. The van der Waals surface area contributed by atoms with Gasteiger partial charge >= 0.3 is 0 Å². The fourth-order valence-electron chi connectivity index (χ4n) is 2.37. The van der Waals surface area contributed by atoms with E-state index in [9.17, 15) is 0 Å². The van der Waals surface area contributed by atoms with Crippen molar-refractivity contribution >= 4 is 0 Å². The maximum Gasteiger partial charge on any atom is -0.0133 e. The van der Waals surface area contributed by atoms with E-state index in [0.29, 0.717) is 0 Å². The summed E-state index contributed by atoms with van der Waals surface area (Å²) in [5, 5.41) is 0. The largest absolute Gasteiger partial charge is 0.0805 e. The zero-order valence-corrected chi connectivity index (χ0v) is 7.76. The summed E-state index contributed by atoms with van der Waals surface area (Å²) < 4.78 is 0. The SMILES string of the molecule is C1=CCC(CCC2CCCC2)=C1. The third kappa shape index (κ3) is 2.00. The molecule has 0 N–H and O–H groups in total. The highest BCUT2D eigenvalue weighted by Gasteiger charge is 2.14. The molecule has 0 bridgehead atoms. The fraction of sp³-hybridized carbons (Fsp3) is 0.667. The Morgan fingerprint density at radius 2 is 2.08 bits per heavy atom. The zero-order chi connectivity index (χ0) is 8.23. The molecule has 0 unspecified atom stereocenters. The molecule has 2 aliphatic rings. The maximum atomic E-state index is 2.30. The Kier molecular flexibility index (Phi) is 2.65. The van der Waals surface area contributed by atoms with Crippen molar-refractivity contribution in [3.05, 3.63) is 23.8 Å². The third-order valence-corrected chi connectivity index (χ3v) is 3.20. The lowest BCUT2D eigenvalue weighted by Gasteiger charge is -2.08. The summed E-state index contributed by atoms with van der Waals surface area (Å²) in [4.78, 5) is 0. The van der Waals surface area contributed by atoms with Gasteiger partial charge in [0.2, 0.25) is 0 Å². The molecule has 66 valence electrons. The molecule has 0 atom stereocenters. The second-order valence-electron chi connectivity index (χ2n) is 4.15. The first-order valence-electron chi connectivity index (χ1n) is 5.30. The topological polar surface area (TPSA) is 0 Å². The molecule has 0 heteroatoms. The van der Waals surface area contributed by atoms with Gasteiger partial charge in [0, 0.05) is 0 Å². The highest BCUT2D eigenvalue weighted by atomic mass is 14.2. The Bertz CT molecular complexity index is 192. The molecular formula is C12H18. The lowest BCUT2D eigenvalue weighted by molar-refractivity contribution is 0.501. The van der Waals surface area contributed by atoms with Gasteiger partial charge in [-0.05, 0) is 25.2 Å². The van der Waals surface area contributed by atoms with Gasteiger partial charge < -0.3 is 0 Å². The second kappa shape index (κ2) is 3.93. The van der Waals surface area contributed by atoms with E-state index < -0.39 is 0 Å². The summed E-state index contributed by atoms with van der Waals surface area (Å²) in [5.74, 6) is 1.06. The molecule has 12 heavy (non-hydrogen) atoms. The minimum absolute atomic E-state index is 1.06. The lowest BCUT2D eigenvalue weighted by Crippen LogP contribution is -1.93. The van der Waals surface area contributed by atoms with E-state index in [2.05, 4.69) is 18.2 Å². The first-order chi connectivity index (χ1) is 5.95. The number of rotatable bonds is 3. The van der Waals surface area contributed by atoms with Gasteiger partial charge in [0.05, 0.1) is 0 Å². The van der Waals surface area contributed by atoms with Crippen LogP contribution < -0.4 is 0 Å². The van der Waals surface area contributed by atoms with Crippen molar-refractivity contribution in [3.63, 3.8) is 0 Å². The van der Waals surface area contributed by atoms with Gasteiger partial charge in [-0.1, -0.05) is 49.5 Å². The van der Waals surface area contributed by atoms with Crippen LogP contribution in [0.4, 0.5) is 0 Å². The normalized spacial score (nSPS) is 23.5. The second-order valence-corrected chi connectivity index (χ2v) is 4.15. The van der Waals surface area contributed by atoms with Crippen LogP contribution in [-0.4, -0.2) is 0 Å². The van der Waals surface area contributed by atoms with E-state index in [1.54, 1.807) is 5.57 Å². The molecule has 2 aliphatic carbocycles. The molecule has 0 heterocycles. The highest BCUT2D eigenvalue weighted by molar-refractivity contribution is 5.22. The van der Waals surface area contributed by atoms with Crippen LogP contribution in [0.5, 0.6) is 0 Å². The molecule has 0 nitrogen and oxygen atoms in total. The van der Waals surface area contributed by atoms with Crippen molar-refractivity contribution in [3.8, 4) is 0 Å². The van der Waals surface area contributed by atoms with E-state index in [1.165, 1.54) is 44.9 Å². The Labute approximate surface area is 75.4 Å². The highest BCUT2D eigenvalue weighted by Crippen LogP contribution is 2.30. The van der Waals surface area contributed by atoms with Gasteiger partial charge in [-0.25, -0.2) is 0 Å². The monoisotopic (exact) mass is 162 g/mol. The number of hydrogen-bond donors (Lipinski definition) is 0. The molecule has 0 aromatic heterocycles. The van der Waals surface area contributed by atoms with Crippen LogP contribution in [0.2, 0.25) is 0 Å². The Morgan fingerprint density at radius 3 is 2.75 bits per heavy atom. The van der Waals surface area contributed by atoms with Gasteiger partial charge in [-0.3, -0.25) is 0 Å². The standard InChI is InChI=1S/C12H18/c1-2-6-11(5-1)9-10-12-7-3-4-8-12/h1-2,5,12H,3-4,6-10H2. The fourth-order valence-corrected chi connectivity index (χ4v) is 2.37. The minimum Gasteiger partial charge on any atom is -0.0805 e. The van der Waals surface area contributed by atoms with Crippen molar-refractivity contribution in [2.75, 3.05) is 0 Å². The van der Waals surface area contributed by atoms with Crippen LogP contribution in [0.15, 0.2) is 23.8 Å². The third-order valence-electron chi connectivity index (χ3n) is 3.20. The van der Waals surface area contributed by atoms with Gasteiger partial charge in [-0.2, -0.15) is 0 Å². The van der Waals surface area contributed by atoms with Crippen molar-refractivity contribution < 1.29 is 0 Å². The molecule has 0 aromatic carbocycles. The smallest absolute Gasteiger partial charge is 0.0133 e. The van der Waals surface area contributed by atoms with Crippen LogP contribution in [0.25, 0.3) is 0 Å². The molecule has 2 rings (SSSR count). The molecule has 0 amide bonds. The molecule has 1 saturated carbocycles. The first kappa shape index (κ1) is 8.10. The summed E-state index contributed by atoms with van der Waals surface area (Å²) in [5.41, 5.74) is 1.65. The molecule has 0 aromatic rings. The van der Waals surface area contributed by atoms with E-state index in [0.717, 1.165) is 5.92 Å². The molecule has 0 aliphatic heterocycles. The summed E-state index contributed by atoms with van der Waals surface area (Å²) in [6.07, 6.45) is 16.8. The zero-order valence-electron chi connectivity index (χ0n) is 7.76. The predicted molar refractivity (Wildman–Crippen MR) is 53.0 cm³/mol. The summed E-state index contributed by atoms with van der Waals surface area (Å²) in [6.45, 7) is 0. The summed E-state index contributed by atoms with van der Waals surface area (Å²) >= 11 is 0. The number of allylic oxidation sites excluding steroid dienone is 4. The Morgan fingerprint density at radius 1 is 1.25 bits per heavy atom. The molecular weight excluding hydrogens is 144 g/mol. The van der Waals surface area contributed by atoms with E-state index in [1.807, 2.05) is 0 Å². The Balaban J connectivity index is 1.67. The van der Waals surface area contributed by atoms with Crippen molar-refractivity contribution in [2.24, 2.45) is 5.92 Å². The number of hydrogen-bond acceptors (Lipinski definition) is 0. The van der Waals surface area contributed by atoms with Crippen LogP contribution in [0.3, 0.4) is 0 Å². The van der Waals surface area contributed by atoms with Crippen LogP contribution in [-0.2, 0) is 0 Å². The average molecular weight is 162 g/mol. The minimum atomic E-state index is 1.06. The lowest BCUT2D eigenvalue weighted by atomic mass is 9.98. The molecule has 0 saturated heterocycles. The predicted octanol–water partition coefficient (Wildman–Crippen LogP) is 3.84. The maximum absolute atomic E-state index is 2.30. The quantitative estimate of drug-likeness (QED) is 0.591. The Hall–Kier alpha value is -0.520. The van der Waals surface area contributed by atoms with E-state index in [-0.39, 0.29) is 0 Å². The van der Waals surface area contributed by atoms with Crippen LogP contribution in [0.1, 0.15) is 44.9 Å². The average Bonchev–Trinajstić information content (AvgIpc) is 2.74. The van der Waals surface area contributed by atoms with Crippen LogP contribution >= 0.6 is 0 Å². The van der Waals surface area contributed by atoms with Gasteiger partial charge in [0.1, 0.15) is 0 Å². The summed E-state index contributed by atoms with van der Waals surface area (Å²) in [7, 11) is 0. The van der Waals surface area contributed by atoms with Crippen molar-refractivity contribution in [2.45, 2.75) is 44.9 Å². The van der Waals surface area contributed by atoms with Gasteiger partial charge in [0.25, 0.3) is 0 Å². The van der Waals surface area contributed by atoms with E-state index in [4.69, 9.17) is 0 Å².